The topological polar surface area (TPSA) is 82.2 Å². The number of aryl methyl sites for hydroxylation is 4. The predicted molar refractivity (Wildman–Crippen MR) is 133 cm³/mol. The molecule has 0 aliphatic carbocycles. The molecule has 0 fully saturated rings. The predicted octanol–water partition coefficient (Wildman–Crippen LogP) is 5.62. The van der Waals surface area contributed by atoms with E-state index in [0.717, 1.165) is 38.0 Å². The highest BCUT2D eigenvalue weighted by Gasteiger charge is 2.21. The molecular weight excluding hydrogens is 432 g/mol. The Bertz CT molecular complexity index is 1320. The second kappa shape index (κ2) is 9.63. The van der Waals surface area contributed by atoms with Crippen molar-refractivity contribution in [1.29, 1.82) is 0 Å². The summed E-state index contributed by atoms with van der Waals surface area (Å²) in [5.41, 5.74) is 6.26. The molecule has 4 rings (SSSR count). The third-order valence-electron chi connectivity index (χ3n) is 5.89. The SMILES string of the molecule is Cc1ccc(C(NC(=O)Cc2ccc3[nH]cc(CCC(=O)O)c3c2)c2ccc(C)s2)c(C)c1. The first kappa shape index (κ1) is 22.8. The van der Waals surface area contributed by atoms with Crippen LogP contribution in [0.4, 0.5) is 0 Å². The van der Waals surface area contributed by atoms with E-state index in [1.807, 2.05) is 24.4 Å². The first-order valence-corrected chi connectivity index (χ1v) is 11.9. The summed E-state index contributed by atoms with van der Waals surface area (Å²) in [7, 11) is 0. The number of carbonyl (C=O) groups excluding carboxylic acids is 1. The highest BCUT2D eigenvalue weighted by atomic mass is 32.1. The fraction of sp³-hybridized carbons (Fsp3) is 0.259. The van der Waals surface area contributed by atoms with Gasteiger partial charge in [0.1, 0.15) is 0 Å². The standard InChI is InChI=1S/C27H28N2O3S/c1-16-4-8-21(17(2)12-16)27(24-10-5-18(3)33-24)29-25(30)14-19-6-9-23-22(13-19)20(15-28-23)7-11-26(31)32/h4-6,8-10,12-13,15,27-28H,7,11,14H2,1-3H3,(H,29,30)(H,31,32). The number of H-pyrrole nitrogens is 1. The lowest BCUT2D eigenvalue weighted by Gasteiger charge is -2.21. The summed E-state index contributed by atoms with van der Waals surface area (Å²) in [6, 6.07) is 16.2. The number of thiophene rings is 1. The molecular formula is C27H28N2O3S. The number of benzene rings is 2. The van der Waals surface area contributed by atoms with Crippen LogP contribution in [0.1, 0.15) is 50.0 Å². The summed E-state index contributed by atoms with van der Waals surface area (Å²) in [5, 5.41) is 13.2. The normalized spacial score (nSPS) is 12.1. The molecule has 1 unspecified atom stereocenters. The van der Waals surface area contributed by atoms with E-state index < -0.39 is 5.97 Å². The van der Waals surface area contributed by atoms with Crippen molar-refractivity contribution in [3.63, 3.8) is 0 Å². The minimum Gasteiger partial charge on any atom is -0.481 e. The van der Waals surface area contributed by atoms with Crippen LogP contribution < -0.4 is 5.32 Å². The Morgan fingerprint density at radius 3 is 2.58 bits per heavy atom. The van der Waals surface area contributed by atoms with Crippen molar-refractivity contribution in [2.45, 2.75) is 46.1 Å². The molecule has 0 spiro atoms. The number of carboxylic acids is 1. The number of hydrogen-bond donors (Lipinski definition) is 3. The van der Waals surface area contributed by atoms with Gasteiger partial charge in [-0.2, -0.15) is 0 Å². The number of carboxylic acid groups (broad SMARTS) is 1. The highest BCUT2D eigenvalue weighted by molar-refractivity contribution is 7.12. The third kappa shape index (κ3) is 5.34. The van der Waals surface area contributed by atoms with Crippen molar-refractivity contribution in [2.75, 3.05) is 0 Å². The van der Waals surface area contributed by atoms with E-state index >= 15 is 0 Å². The molecule has 5 nitrogen and oxygen atoms in total. The quantitative estimate of drug-likeness (QED) is 0.319. The van der Waals surface area contributed by atoms with Gasteiger partial charge >= 0.3 is 5.97 Å². The second-order valence-electron chi connectivity index (χ2n) is 8.57. The van der Waals surface area contributed by atoms with E-state index in [0.29, 0.717) is 6.42 Å². The summed E-state index contributed by atoms with van der Waals surface area (Å²) < 4.78 is 0. The number of carbonyl (C=O) groups is 2. The Labute approximate surface area is 197 Å². The number of amides is 1. The maximum atomic E-state index is 13.1. The van der Waals surface area contributed by atoms with Crippen LogP contribution in [0.15, 0.2) is 54.7 Å². The Kier molecular flexibility index (Phi) is 6.65. The lowest BCUT2D eigenvalue weighted by Crippen LogP contribution is -2.30. The molecule has 6 heteroatoms. The number of aromatic amines is 1. The molecule has 2 aromatic carbocycles. The van der Waals surface area contributed by atoms with Gasteiger partial charge in [-0.3, -0.25) is 9.59 Å². The summed E-state index contributed by atoms with van der Waals surface area (Å²) in [6.07, 6.45) is 2.64. The average molecular weight is 461 g/mol. The van der Waals surface area contributed by atoms with Gasteiger partial charge in [-0.05, 0) is 73.7 Å². The van der Waals surface area contributed by atoms with E-state index in [4.69, 9.17) is 5.11 Å². The molecule has 0 saturated heterocycles. The Balaban J connectivity index is 1.56. The molecule has 3 N–H and O–H groups in total. The maximum absolute atomic E-state index is 13.1. The number of aliphatic carboxylic acids is 1. The number of aromatic nitrogens is 1. The zero-order valence-corrected chi connectivity index (χ0v) is 19.9. The van der Waals surface area contributed by atoms with Gasteiger partial charge in [-0.15, -0.1) is 11.3 Å². The highest BCUT2D eigenvalue weighted by Crippen LogP contribution is 2.31. The summed E-state index contributed by atoms with van der Waals surface area (Å²) in [5.74, 6) is -0.867. The third-order valence-corrected chi connectivity index (χ3v) is 6.96. The van der Waals surface area contributed by atoms with E-state index in [1.165, 1.54) is 10.4 Å². The molecule has 2 aromatic heterocycles. The lowest BCUT2D eigenvalue weighted by molar-refractivity contribution is -0.137. The molecule has 33 heavy (non-hydrogen) atoms. The smallest absolute Gasteiger partial charge is 0.303 e. The molecule has 2 heterocycles. The Morgan fingerprint density at radius 2 is 1.88 bits per heavy atom. The molecule has 170 valence electrons. The number of nitrogens with one attached hydrogen (secondary N) is 2. The van der Waals surface area contributed by atoms with Crippen molar-refractivity contribution < 1.29 is 14.7 Å². The summed E-state index contributed by atoms with van der Waals surface area (Å²) in [6.45, 7) is 6.23. The van der Waals surface area contributed by atoms with Crippen LogP contribution in [-0.4, -0.2) is 22.0 Å². The van der Waals surface area contributed by atoms with Crippen LogP contribution in [0.2, 0.25) is 0 Å². The van der Waals surface area contributed by atoms with Gasteiger partial charge in [0, 0.05) is 33.3 Å². The molecule has 0 bridgehead atoms. The molecule has 0 aliphatic rings. The zero-order chi connectivity index (χ0) is 23.5. The summed E-state index contributed by atoms with van der Waals surface area (Å²) >= 11 is 1.70. The first-order chi connectivity index (χ1) is 15.8. The summed E-state index contributed by atoms with van der Waals surface area (Å²) in [4.78, 5) is 29.6. The van der Waals surface area contributed by atoms with E-state index in [1.54, 1.807) is 11.3 Å². The fourth-order valence-corrected chi connectivity index (χ4v) is 5.19. The van der Waals surface area contributed by atoms with Crippen LogP contribution in [-0.2, 0) is 22.4 Å². The minimum absolute atomic E-state index is 0.0481. The average Bonchev–Trinajstić information content (AvgIpc) is 3.36. The van der Waals surface area contributed by atoms with Crippen molar-refractivity contribution in [3.8, 4) is 0 Å². The van der Waals surface area contributed by atoms with Crippen LogP contribution in [0.25, 0.3) is 10.9 Å². The van der Waals surface area contributed by atoms with Crippen LogP contribution in [0.3, 0.4) is 0 Å². The van der Waals surface area contributed by atoms with Crippen LogP contribution in [0.5, 0.6) is 0 Å². The van der Waals surface area contributed by atoms with Crippen molar-refractivity contribution in [3.05, 3.63) is 92.3 Å². The molecule has 4 aromatic rings. The lowest BCUT2D eigenvalue weighted by atomic mass is 9.97. The number of fused-ring (bicyclic) bond motifs is 1. The second-order valence-corrected chi connectivity index (χ2v) is 9.89. The number of hydrogen-bond acceptors (Lipinski definition) is 3. The molecule has 0 saturated carbocycles. The van der Waals surface area contributed by atoms with Gasteiger partial charge in [0.05, 0.1) is 12.5 Å². The van der Waals surface area contributed by atoms with E-state index in [2.05, 4.69) is 61.4 Å². The molecule has 0 aliphatic heterocycles. The van der Waals surface area contributed by atoms with Crippen LogP contribution in [0, 0.1) is 20.8 Å². The minimum atomic E-state index is -0.818. The van der Waals surface area contributed by atoms with Crippen LogP contribution >= 0.6 is 11.3 Å². The molecule has 0 radical (unpaired) electrons. The first-order valence-electron chi connectivity index (χ1n) is 11.0. The van der Waals surface area contributed by atoms with Gasteiger partial charge in [0.15, 0.2) is 0 Å². The maximum Gasteiger partial charge on any atom is 0.303 e. The van der Waals surface area contributed by atoms with Crippen molar-refractivity contribution in [1.82, 2.24) is 10.3 Å². The van der Waals surface area contributed by atoms with Gasteiger partial charge < -0.3 is 15.4 Å². The van der Waals surface area contributed by atoms with E-state index in [9.17, 15) is 9.59 Å². The van der Waals surface area contributed by atoms with Crippen molar-refractivity contribution in [2.24, 2.45) is 0 Å². The van der Waals surface area contributed by atoms with Gasteiger partial charge in [0.25, 0.3) is 0 Å². The molecule has 1 amide bonds. The Morgan fingerprint density at radius 1 is 1.06 bits per heavy atom. The van der Waals surface area contributed by atoms with Gasteiger partial charge in [-0.25, -0.2) is 0 Å². The molecule has 1 atom stereocenters. The van der Waals surface area contributed by atoms with Gasteiger partial charge in [-0.1, -0.05) is 29.8 Å². The fourth-order valence-electron chi connectivity index (χ4n) is 4.24. The van der Waals surface area contributed by atoms with E-state index in [-0.39, 0.29) is 24.8 Å². The number of rotatable bonds is 8. The van der Waals surface area contributed by atoms with Gasteiger partial charge in [0.2, 0.25) is 5.91 Å². The Hall–Kier alpha value is -3.38. The van der Waals surface area contributed by atoms with Crippen molar-refractivity contribution >= 4 is 34.1 Å². The monoisotopic (exact) mass is 460 g/mol. The largest absolute Gasteiger partial charge is 0.481 e. The zero-order valence-electron chi connectivity index (χ0n) is 19.1.